The van der Waals surface area contributed by atoms with Crippen LogP contribution in [0.4, 0.5) is 11.4 Å². The van der Waals surface area contributed by atoms with Gasteiger partial charge in [-0.05, 0) is 61.4 Å². The monoisotopic (exact) mass is 340 g/mol. The molecule has 124 valence electrons. The number of carbonyl (C=O) groups is 1. The minimum Gasteiger partial charge on any atom is -0.478 e. The van der Waals surface area contributed by atoms with Crippen molar-refractivity contribution in [3.8, 4) is 0 Å². The Balaban J connectivity index is 1.59. The van der Waals surface area contributed by atoms with E-state index in [-0.39, 0.29) is 5.56 Å². The van der Waals surface area contributed by atoms with Gasteiger partial charge in [-0.25, -0.2) is 4.79 Å². The number of benzene rings is 2. The quantitative estimate of drug-likeness (QED) is 0.657. The third-order valence-electron chi connectivity index (χ3n) is 4.09. The van der Waals surface area contributed by atoms with Gasteiger partial charge in [-0.1, -0.05) is 19.3 Å². The first-order valence-electron chi connectivity index (χ1n) is 8.22. The van der Waals surface area contributed by atoms with E-state index < -0.39 is 5.97 Å². The highest BCUT2D eigenvalue weighted by Crippen LogP contribution is 2.34. The van der Waals surface area contributed by atoms with E-state index in [1.165, 1.54) is 49.1 Å². The average Bonchev–Trinajstić information content (AvgIpc) is 2.62. The Labute approximate surface area is 146 Å². The highest BCUT2D eigenvalue weighted by molar-refractivity contribution is 8.00. The lowest BCUT2D eigenvalue weighted by atomic mass is 10.0. The standard InChI is InChI=1S/C19H20N2O2S/c22-19(23)14-6-8-15(9-7-14)20-21-16-10-12-18(13-11-16)24-17-4-2-1-3-5-17/h6-13,17H,1-5H2,(H,22,23). The summed E-state index contributed by atoms with van der Waals surface area (Å²) in [6.45, 7) is 0. The molecule has 0 saturated heterocycles. The van der Waals surface area contributed by atoms with Crippen LogP contribution in [-0.2, 0) is 0 Å². The first-order valence-corrected chi connectivity index (χ1v) is 9.10. The molecule has 0 aromatic heterocycles. The van der Waals surface area contributed by atoms with Crippen LogP contribution in [0.3, 0.4) is 0 Å². The fourth-order valence-electron chi connectivity index (χ4n) is 2.75. The summed E-state index contributed by atoms with van der Waals surface area (Å²) in [6.07, 6.45) is 6.72. The zero-order valence-corrected chi connectivity index (χ0v) is 14.2. The lowest BCUT2D eigenvalue weighted by molar-refractivity contribution is 0.0697. The van der Waals surface area contributed by atoms with Crippen LogP contribution in [-0.4, -0.2) is 16.3 Å². The van der Waals surface area contributed by atoms with Gasteiger partial charge in [0.05, 0.1) is 16.9 Å². The first-order chi connectivity index (χ1) is 11.7. The summed E-state index contributed by atoms with van der Waals surface area (Å²) in [5, 5.41) is 18.0. The van der Waals surface area contributed by atoms with E-state index in [1.54, 1.807) is 12.1 Å². The van der Waals surface area contributed by atoms with Crippen LogP contribution >= 0.6 is 11.8 Å². The van der Waals surface area contributed by atoms with E-state index >= 15 is 0 Å². The molecule has 0 aliphatic heterocycles. The van der Waals surface area contributed by atoms with E-state index in [4.69, 9.17) is 5.11 Å². The Morgan fingerprint density at radius 1 is 0.875 bits per heavy atom. The van der Waals surface area contributed by atoms with Crippen LogP contribution < -0.4 is 0 Å². The van der Waals surface area contributed by atoms with Gasteiger partial charge in [-0.15, -0.1) is 11.8 Å². The van der Waals surface area contributed by atoms with Crippen molar-refractivity contribution in [3.05, 3.63) is 54.1 Å². The van der Waals surface area contributed by atoms with E-state index in [9.17, 15) is 4.79 Å². The van der Waals surface area contributed by atoms with Crippen molar-refractivity contribution >= 4 is 29.1 Å². The maximum atomic E-state index is 10.8. The summed E-state index contributed by atoms with van der Waals surface area (Å²) < 4.78 is 0. The number of nitrogens with zero attached hydrogens (tertiary/aromatic N) is 2. The lowest BCUT2D eigenvalue weighted by Gasteiger charge is -2.20. The molecule has 0 bridgehead atoms. The summed E-state index contributed by atoms with van der Waals surface area (Å²) in [5.41, 5.74) is 1.68. The summed E-state index contributed by atoms with van der Waals surface area (Å²) in [5.74, 6) is -0.940. The molecule has 0 spiro atoms. The lowest BCUT2D eigenvalue weighted by Crippen LogP contribution is -2.07. The zero-order valence-electron chi connectivity index (χ0n) is 13.4. The minimum absolute atomic E-state index is 0.248. The normalized spacial score (nSPS) is 15.7. The van der Waals surface area contributed by atoms with Crippen molar-refractivity contribution in [3.63, 3.8) is 0 Å². The number of hydrogen-bond acceptors (Lipinski definition) is 4. The Morgan fingerprint density at radius 2 is 1.42 bits per heavy atom. The zero-order chi connectivity index (χ0) is 16.8. The minimum atomic E-state index is -0.940. The van der Waals surface area contributed by atoms with Crippen molar-refractivity contribution in [1.29, 1.82) is 0 Å². The van der Waals surface area contributed by atoms with Gasteiger partial charge in [0.15, 0.2) is 0 Å². The van der Waals surface area contributed by atoms with Crippen molar-refractivity contribution in [2.45, 2.75) is 42.2 Å². The Hall–Kier alpha value is -2.14. The maximum Gasteiger partial charge on any atom is 0.335 e. The van der Waals surface area contributed by atoms with Gasteiger partial charge in [0.25, 0.3) is 0 Å². The molecule has 24 heavy (non-hydrogen) atoms. The van der Waals surface area contributed by atoms with Crippen molar-refractivity contribution in [2.24, 2.45) is 10.2 Å². The Bertz CT molecular complexity index is 705. The van der Waals surface area contributed by atoms with Gasteiger partial charge < -0.3 is 5.11 Å². The molecule has 0 heterocycles. The van der Waals surface area contributed by atoms with E-state index in [0.717, 1.165) is 10.9 Å². The maximum absolute atomic E-state index is 10.8. The van der Waals surface area contributed by atoms with Gasteiger partial charge >= 0.3 is 5.97 Å². The number of rotatable bonds is 5. The SMILES string of the molecule is O=C(O)c1ccc(N=Nc2ccc(SC3CCCCC3)cc2)cc1. The molecule has 1 aliphatic rings. The number of carboxylic acid groups (broad SMARTS) is 1. The predicted octanol–water partition coefficient (Wildman–Crippen LogP) is 6.23. The fourth-order valence-corrected chi connectivity index (χ4v) is 4.00. The molecule has 0 unspecified atom stereocenters. The van der Waals surface area contributed by atoms with E-state index in [2.05, 4.69) is 22.4 Å². The summed E-state index contributed by atoms with van der Waals surface area (Å²) in [7, 11) is 0. The van der Waals surface area contributed by atoms with Gasteiger partial charge in [-0.2, -0.15) is 10.2 Å². The van der Waals surface area contributed by atoms with Crippen LogP contribution in [0.25, 0.3) is 0 Å². The highest BCUT2D eigenvalue weighted by atomic mass is 32.2. The predicted molar refractivity (Wildman–Crippen MR) is 96.7 cm³/mol. The van der Waals surface area contributed by atoms with E-state index in [0.29, 0.717) is 5.69 Å². The molecule has 3 rings (SSSR count). The first kappa shape index (κ1) is 16.7. The number of carboxylic acids is 1. The van der Waals surface area contributed by atoms with E-state index in [1.807, 2.05) is 23.9 Å². The third kappa shape index (κ3) is 4.68. The summed E-state index contributed by atoms with van der Waals surface area (Å²) >= 11 is 1.96. The Kier molecular flexibility index (Phi) is 5.64. The smallest absolute Gasteiger partial charge is 0.335 e. The topological polar surface area (TPSA) is 62.0 Å². The molecule has 0 amide bonds. The number of aromatic carboxylic acids is 1. The average molecular weight is 340 g/mol. The third-order valence-corrected chi connectivity index (χ3v) is 5.44. The Morgan fingerprint density at radius 3 is 1.96 bits per heavy atom. The fraction of sp³-hybridized carbons (Fsp3) is 0.316. The molecular formula is C19H20N2O2S. The van der Waals surface area contributed by atoms with Crippen molar-refractivity contribution in [2.75, 3.05) is 0 Å². The molecule has 1 saturated carbocycles. The van der Waals surface area contributed by atoms with Crippen molar-refractivity contribution in [1.82, 2.24) is 0 Å². The van der Waals surface area contributed by atoms with Crippen LogP contribution in [0.5, 0.6) is 0 Å². The molecule has 2 aromatic carbocycles. The van der Waals surface area contributed by atoms with Crippen LogP contribution in [0.1, 0.15) is 42.5 Å². The highest BCUT2D eigenvalue weighted by Gasteiger charge is 2.14. The number of thioether (sulfide) groups is 1. The molecule has 1 N–H and O–H groups in total. The molecule has 5 heteroatoms. The second-order valence-corrected chi connectivity index (χ2v) is 7.30. The van der Waals surface area contributed by atoms with Gasteiger partial charge in [-0.3, -0.25) is 0 Å². The number of azo groups is 1. The van der Waals surface area contributed by atoms with Crippen LogP contribution in [0.15, 0.2) is 63.7 Å². The number of hydrogen-bond donors (Lipinski definition) is 1. The van der Waals surface area contributed by atoms with Gasteiger partial charge in [0, 0.05) is 10.1 Å². The molecule has 0 radical (unpaired) electrons. The molecule has 4 nitrogen and oxygen atoms in total. The van der Waals surface area contributed by atoms with Gasteiger partial charge in [0.1, 0.15) is 0 Å². The summed E-state index contributed by atoms with van der Waals surface area (Å²) in [4.78, 5) is 12.1. The molecular weight excluding hydrogens is 320 g/mol. The van der Waals surface area contributed by atoms with Gasteiger partial charge in [0.2, 0.25) is 0 Å². The molecule has 0 atom stereocenters. The second-order valence-electron chi connectivity index (χ2n) is 5.92. The van der Waals surface area contributed by atoms with Crippen LogP contribution in [0, 0.1) is 0 Å². The largest absolute Gasteiger partial charge is 0.478 e. The van der Waals surface area contributed by atoms with Crippen molar-refractivity contribution < 1.29 is 9.90 Å². The molecule has 2 aromatic rings. The van der Waals surface area contributed by atoms with Crippen LogP contribution in [0.2, 0.25) is 0 Å². The second kappa shape index (κ2) is 8.11. The summed E-state index contributed by atoms with van der Waals surface area (Å²) in [6, 6.07) is 14.5. The molecule has 1 aliphatic carbocycles. The molecule has 1 fully saturated rings.